The molecule has 1 heterocycles. The van der Waals surface area contributed by atoms with E-state index in [-0.39, 0.29) is 5.54 Å². The summed E-state index contributed by atoms with van der Waals surface area (Å²) in [6, 6.07) is 18.9. The van der Waals surface area contributed by atoms with Gasteiger partial charge in [0.1, 0.15) is 18.5 Å². The minimum absolute atomic E-state index is 0.157. The van der Waals surface area contributed by atoms with E-state index in [1.807, 2.05) is 12.1 Å². The van der Waals surface area contributed by atoms with Gasteiger partial charge in [-0.05, 0) is 43.1 Å². The summed E-state index contributed by atoms with van der Waals surface area (Å²) in [7, 11) is 2.14. The fraction of sp³-hybridized carbons (Fsp3) is 0.500. The summed E-state index contributed by atoms with van der Waals surface area (Å²) in [4.78, 5) is 4.63. The maximum atomic E-state index is 10.3. The summed E-state index contributed by atoms with van der Waals surface area (Å²) in [5, 5.41) is 14.0. The Morgan fingerprint density at radius 1 is 1.00 bits per heavy atom. The van der Waals surface area contributed by atoms with Gasteiger partial charge in [0.2, 0.25) is 0 Å². The maximum Gasteiger partial charge on any atom is 0.119 e. The second-order valence-electron chi connectivity index (χ2n) is 8.51. The van der Waals surface area contributed by atoms with Gasteiger partial charge < -0.3 is 20.1 Å². The lowest BCUT2D eigenvalue weighted by atomic mass is 10.0. The first-order chi connectivity index (χ1) is 14.1. The number of nitrogens with one attached hydrogen (secondary N) is 1. The van der Waals surface area contributed by atoms with Gasteiger partial charge in [-0.15, -0.1) is 0 Å². The van der Waals surface area contributed by atoms with Gasteiger partial charge in [-0.25, -0.2) is 0 Å². The van der Waals surface area contributed by atoms with Crippen LogP contribution in [-0.4, -0.2) is 67.4 Å². The molecule has 2 aliphatic rings. The molecule has 2 aromatic rings. The van der Waals surface area contributed by atoms with Gasteiger partial charge in [-0.1, -0.05) is 42.5 Å². The number of likely N-dealkylation sites (N-methyl/N-ethyl adjacent to an activating group) is 1. The molecule has 0 aromatic heterocycles. The first-order valence-corrected chi connectivity index (χ1v) is 10.7. The molecular formula is C24H33N3O2. The molecule has 0 unspecified atom stereocenters. The number of hydrogen-bond acceptors (Lipinski definition) is 5. The molecule has 156 valence electrons. The van der Waals surface area contributed by atoms with Crippen molar-refractivity contribution < 1.29 is 9.84 Å². The second-order valence-corrected chi connectivity index (χ2v) is 8.51. The number of rotatable bonds is 9. The zero-order valence-corrected chi connectivity index (χ0v) is 17.4. The predicted molar refractivity (Wildman–Crippen MR) is 116 cm³/mol. The van der Waals surface area contributed by atoms with Gasteiger partial charge in [0.15, 0.2) is 0 Å². The maximum absolute atomic E-state index is 10.3. The van der Waals surface area contributed by atoms with Crippen molar-refractivity contribution >= 4 is 0 Å². The van der Waals surface area contributed by atoms with Crippen molar-refractivity contribution in [2.75, 3.05) is 46.4 Å². The third-order valence-corrected chi connectivity index (χ3v) is 6.14. The van der Waals surface area contributed by atoms with E-state index in [1.54, 1.807) is 0 Å². The number of ether oxygens (including phenoxy) is 1. The zero-order chi connectivity index (χ0) is 20.1. The monoisotopic (exact) mass is 395 g/mol. The van der Waals surface area contributed by atoms with Gasteiger partial charge in [-0.2, -0.15) is 0 Å². The van der Waals surface area contributed by atoms with Crippen LogP contribution in [0.3, 0.4) is 0 Å². The van der Waals surface area contributed by atoms with Crippen molar-refractivity contribution in [2.45, 2.75) is 31.0 Å². The number of nitrogens with zero attached hydrogens (tertiary/aromatic N) is 2. The summed E-state index contributed by atoms with van der Waals surface area (Å²) in [5.41, 5.74) is 2.79. The molecule has 0 spiro atoms. The van der Waals surface area contributed by atoms with E-state index in [2.05, 4.69) is 64.6 Å². The van der Waals surface area contributed by atoms with Crippen LogP contribution >= 0.6 is 0 Å². The highest BCUT2D eigenvalue weighted by atomic mass is 16.5. The fourth-order valence-corrected chi connectivity index (χ4v) is 4.00. The minimum atomic E-state index is -0.458. The van der Waals surface area contributed by atoms with Crippen molar-refractivity contribution in [3.63, 3.8) is 0 Å². The van der Waals surface area contributed by atoms with E-state index in [0.717, 1.165) is 38.5 Å². The SMILES string of the molecule is CN1CCN(C[C@H](O)COc2ccc(CNC3(c4ccccc4)CC3)cc2)CC1. The van der Waals surface area contributed by atoms with Gasteiger partial charge >= 0.3 is 0 Å². The van der Waals surface area contributed by atoms with Crippen LogP contribution in [0, 0.1) is 0 Å². The smallest absolute Gasteiger partial charge is 0.119 e. The van der Waals surface area contributed by atoms with Crippen LogP contribution in [0.5, 0.6) is 5.75 Å². The second kappa shape index (κ2) is 9.26. The van der Waals surface area contributed by atoms with Gasteiger partial charge in [0, 0.05) is 44.8 Å². The van der Waals surface area contributed by atoms with Crippen molar-refractivity contribution in [2.24, 2.45) is 0 Å². The van der Waals surface area contributed by atoms with Gasteiger partial charge in [-0.3, -0.25) is 4.90 Å². The Labute approximate surface area is 174 Å². The molecule has 29 heavy (non-hydrogen) atoms. The lowest BCUT2D eigenvalue weighted by molar-refractivity contribution is 0.0505. The third-order valence-electron chi connectivity index (χ3n) is 6.14. The van der Waals surface area contributed by atoms with Crippen LogP contribution in [0.15, 0.2) is 54.6 Å². The van der Waals surface area contributed by atoms with E-state index in [9.17, 15) is 5.11 Å². The van der Waals surface area contributed by atoms with Crippen LogP contribution in [0.1, 0.15) is 24.0 Å². The molecule has 1 saturated heterocycles. The number of hydrogen-bond donors (Lipinski definition) is 2. The molecular weight excluding hydrogens is 362 g/mol. The van der Waals surface area contributed by atoms with Gasteiger partial charge in [0.25, 0.3) is 0 Å². The molecule has 0 radical (unpaired) electrons. The van der Waals surface area contributed by atoms with Crippen LogP contribution in [-0.2, 0) is 12.1 Å². The molecule has 2 aromatic carbocycles. The van der Waals surface area contributed by atoms with Crippen LogP contribution in [0.25, 0.3) is 0 Å². The first-order valence-electron chi connectivity index (χ1n) is 10.7. The summed E-state index contributed by atoms with van der Waals surface area (Å²) in [6.07, 6.45) is 1.94. The van der Waals surface area contributed by atoms with E-state index >= 15 is 0 Å². The fourth-order valence-electron chi connectivity index (χ4n) is 4.00. The molecule has 4 rings (SSSR count). The van der Waals surface area contributed by atoms with E-state index < -0.39 is 6.10 Å². The number of benzene rings is 2. The number of aliphatic hydroxyl groups is 1. The highest BCUT2D eigenvalue weighted by molar-refractivity contribution is 5.31. The molecule has 0 amide bonds. The Morgan fingerprint density at radius 2 is 1.69 bits per heavy atom. The molecule has 2 fully saturated rings. The Balaban J connectivity index is 1.20. The van der Waals surface area contributed by atoms with Crippen molar-refractivity contribution in [1.29, 1.82) is 0 Å². The number of aliphatic hydroxyl groups excluding tert-OH is 1. The van der Waals surface area contributed by atoms with Crippen molar-refractivity contribution in [3.8, 4) is 5.75 Å². The molecule has 1 aliphatic heterocycles. The lowest BCUT2D eigenvalue weighted by Gasteiger charge is -2.33. The van der Waals surface area contributed by atoms with Crippen LogP contribution in [0.2, 0.25) is 0 Å². The Bertz CT molecular complexity index is 753. The molecule has 5 heteroatoms. The molecule has 5 nitrogen and oxygen atoms in total. The normalized spacial score (nSPS) is 20.3. The van der Waals surface area contributed by atoms with Crippen molar-refractivity contribution in [3.05, 3.63) is 65.7 Å². The highest BCUT2D eigenvalue weighted by Gasteiger charge is 2.43. The summed E-state index contributed by atoms with van der Waals surface area (Å²) in [5.74, 6) is 0.815. The van der Waals surface area contributed by atoms with Crippen LogP contribution in [0.4, 0.5) is 0 Å². The number of β-amino-alcohol motifs (C(OH)–C–C–N with tert-alkyl or cyclic N) is 1. The topological polar surface area (TPSA) is 48.0 Å². The Morgan fingerprint density at radius 3 is 2.34 bits per heavy atom. The highest BCUT2D eigenvalue weighted by Crippen LogP contribution is 2.45. The van der Waals surface area contributed by atoms with E-state index in [4.69, 9.17) is 4.74 Å². The minimum Gasteiger partial charge on any atom is -0.491 e. The third kappa shape index (κ3) is 5.58. The van der Waals surface area contributed by atoms with Gasteiger partial charge in [0.05, 0.1) is 0 Å². The van der Waals surface area contributed by atoms with Crippen LogP contribution < -0.4 is 10.1 Å². The first kappa shape index (κ1) is 20.4. The summed E-state index contributed by atoms with van der Waals surface area (Å²) >= 11 is 0. The molecule has 2 N–H and O–H groups in total. The summed E-state index contributed by atoms with van der Waals surface area (Å²) < 4.78 is 5.81. The summed E-state index contributed by atoms with van der Waals surface area (Å²) in [6.45, 7) is 6.02. The standard InChI is InChI=1S/C24H33N3O2/c1-26-13-15-27(16-14-26)18-22(28)19-29-23-9-7-20(8-10-23)17-25-24(11-12-24)21-5-3-2-4-6-21/h2-10,22,25,28H,11-19H2,1H3/t22-/m0/s1. The zero-order valence-electron chi connectivity index (χ0n) is 17.4. The molecule has 1 saturated carbocycles. The predicted octanol–water partition coefficient (Wildman–Crippen LogP) is 2.45. The Kier molecular flexibility index (Phi) is 6.50. The van der Waals surface area contributed by atoms with E-state index in [1.165, 1.54) is 24.0 Å². The van der Waals surface area contributed by atoms with E-state index in [0.29, 0.717) is 13.2 Å². The average Bonchev–Trinajstić information content (AvgIpc) is 3.55. The lowest BCUT2D eigenvalue weighted by Crippen LogP contribution is -2.47. The molecule has 0 bridgehead atoms. The molecule has 1 atom stereocenters. The number of piperazine rings is 1. The van der Waals surface area contributed by atoms with Crippen molar-refractivity contribution in [1.82, 2.24) is 15.1 Å². The largest absolute Gasteiger partial charge is 0.491 e. The average molecular weight is 396 g/mol. The Hall–Kier alpha value is -1.92. The molecule has 1 aliphatic carbocycles. The quantitative estimate of drug-likeness (QED) is 0.683.